The van der Waals surface area contributed by atoms with Gasteiger partial charge in [0.1, 0.15) is 0 Å². The molecule has 0 aliphatic rings. The van der Waals surface area contributed by atoms with Crippen molar-refractivity contribution in [3.05, 3.63) is 69.7 Å². The summed E-state index contributed by atoms with van der Waals surface area (Å²) in [6.07, 6.45) is 0. The lowest BCUT2D eigenvalue weighted by atomic mass is 9.85. The highest BCUT2D eigenvalue weighted by Gasteiger charge is 2.40. The summed E-state index contributed by atoms with van der Waals surface area (Å²) in [6.45, 7) is 7.03. The summed E-state index contributed by atoms with van der Waals surface area (Å²) in [4.78, 5) is 27.4. The summed E-state index contributed by atoms with van der Waals surface area (Å²) in [5.41, 5.74) is 3.21. The first-order chi connectivity index (χ1) is 13.7. The van der Waals surface area contributed by atoms with Gasteiger partial charge in [-0.2, -0.15) is 0 Å². The number of nitrogens with zero attached hydrogens (tertiary/aromatic N) is 1. The number of aliphatic hydroxyl groups is 1. The Morgan fingerprint density at radius 2 is 1.62 bits per heavy atom. The van der Waals surface area contributed by atoms with E-state index in [2.05, 4.69) is 10.9 Å². The molecule has 0 aromatic heterocycles. The van der Waals surface area contributed by atoms with Crippen molar-refractivity contribution in [1.82, 2.24) is 15.8 Å². The first-order valence-electron chi connectivity index (χ1n) is 9.32. The largest absolute Gasteiger partial charge is 0.372 e. The monoisotopic (exact) mass is 437 g/mol. The molecule has 2 aromatic carbocycles. The van der Waals surface area contributed by atoms with E-state index < -0.39 is 17.6 Å². The standard InChI is InChI=1S/C21H25Cl2N3O3/c1-4-26(5-2)14(3)19(27)24-25-20(28)21(29,15-9-11-17(22)12-10-15)16-7-6-8-18(23)13-16/h6-14,29H,4-5H2,1-3H3,(H,24,27)(H,25,28)/t14-,21-/m0/s1. The number of nitrogens with one attached hydrogen (secondary N) is 2. The molecule has 2 amide bonds. The fraction of sp³-hybridized carbons (Fsp3) is 0.333. The third-order valence-corrected chi connectivity index (χ3v) is 5.36. The number of likely N-dealkylation sites (N-methyl/N-ethyl adjacent to an activating group) is 1. The molecule has 29 heavy (non-hydrogen) atoms. The molecule has 6 nitrogen and oxygen atoms in total. The quantitative estimate of drug-likeness (QED) is 0.581. The zero-order valence-electron chi connectivity index (χ0n) is 16.6. The van der Waals surface area contributed by atoms with Crippen LogP contribution in [0.15, 0.2) is 48.5 Å². The number of hydrogen-bond donors (Lipinski definition) is 3. The Morgan fingerprint density at radius 3 is 2.17 bits per heavy atom. The van der Waals surface area contributed by atoms with Gasteiger partial charge in [-0.05, 0) is 55.4 Å². The Hall–Kier alpha value is -2.12. The second kappa shape index (κ2) is 10.1. The van der Waals surface area contributed by atoms with Gasteiger partial charge in [0.25, 0.3) is 11.8 Å². The average molecular weight is 438 g/mol. The number of halogens is 2. The van der Waals surface area contributed by atoms with E-state index in [4.69, 9.17) is 23.2 Å². The smallest absolute Gasteiger partial charge is 0.279 e. The van der Waals surface area contributed by atoms with Crippen LogP contribution in [0.2, 0.25) is 10.0 Å². The molecule has 0 saturated carbocycles. The van der Waals surface area contributed by atoms with E-state index in [9.17, 15) is 14.7 Å². The number of hydrogen-bond acceptors (Lipinski definition) is 4. The van der Waals surface area contributed by atoms with Crippen LogP contribution in [0.1, 0.15) is 31.9 Å². The number of rotatable bonds is 7. The SMILES string of the molecule is CCN(CC)[C@@H](C)C(=O)NNC(=O)[C@](O)(c1ccc(Cl)cc1)c1cccc(Cl)c1. The zero-order chi connectivity index (χ0) is 21.6. The summed E-state index contributed by atoms with van der Waals surface area (Å²) >= 11 is 12.0. The van der Waals surface area contributed by atoms with Crippen molar-refractivity contribution in [3.8, 4) is 0 Å². The second-order valence-corrected chi connectivity index (χ2v) is 7.44. The maximum atomic E-state index is 13.0. The molecule has 8 heteroatoms. The normalized spacial score (nSPS) is 14.2. The lowest BCUT2D eigenvalue weighted by molar-refractivity contribution is -0.141. The van der Waals surface area contributed by atoms with Gasteiger partial charge in [0, 0.05) is 10.0 Å². The van der Waals surface area contributed by atoms with E-state index in [1.54, 1.807) is 49.4 Å². The van der Waals surface area contributed by atoms with Crippen LogP contribution >= 0.6 is 23.2 Å². The Labute approximate surface area is 180 Å². The molecule has 2 atom stereocenters. The molecule has 0 unspecified atom stereocenters. The Morgan fingerprint density at radius 1 is 1.00 bits per heavy atom. The van der Waals surface area contributed by atoms with E-state index >= 15 is 0 Å². The van der Waals surface area contributed by atoms with Crippen molar-refractivity contribution >= 4 is 35.0 Å². The van der Waals surface area contributed by atoms with Gasteiger partial charge < -0.3 is 5.11 Å². The van der Waals surface area contributed by atoms with Crippen molar-refractivity contribution in [2.45, 2.75) is 32.4 Å². The molecule has 0 bridgehead atoms. The molecule has 0 aliphatic heterocycles. The molecule has 0 heterocycles. The van der Waals surface area contributed by atoms with Crippen LogP contribution in [-0.4, -0.2) is 41.0 Å². The minimum absolute atomic E-state index is 0.260. The second-order valence-electron chi connectivity index (χ2n) is 6.57. The molecule has 2 rings (SSSR count). The van der Waals surface area contributed by atoms with Crippen LogP contribution in [0.3, 0.4) is 0 Å². The minimum Gasteiger partial charge on any atom is -0.372 e. The van der Waals surface area contributed by atoms with Crippen molar-refractivity contribution in [1.29, 1.82) is 0 Å². The van der Waals surface area contributed by atoms with Gasteiger partial charge in [-0.1, -0.05) is 61.3 Å². The van der Waals surface area contributed by atoms with Crippen molar-refractivity contribution < 1.29 is 14.7 Å². The van der Waals surface area contributed by atoms with Crippen LogP contribution in [0.25, 0.3) is 0 Å². The molecule has 0 saturated heterocycles. The Bertz CT molecular complexity index is 857. The van der Waals surface area contributed by atoms with Gasteiger partial charge in [0.15, 0.2) is 5.60 Å². The van der Waals surface area contributed by atoms with Crippen LogP contribution in [0.4, 0.5) is 0 Å². The molecular formula is C21H25Cl2N3O3. The van der Waals surface area contributed by atoms with Crippen molar-refractivity contribution in [3.63, 3.8) is 0 Å². The minimum atomic E-state index is -2.08. The summed E-state index contributed by atoms with van der Waals surface area (Å²) in [5, 5.41) is 12.2. The predicted molar refractivity (Wildman–Crippen MR) is 115 cm³/mol. The van der Waals surface area contributed by atoms with Gasteiger partial charge in [0.2, 0.25) is 0 Å². The van der Waals surface area contributed by atoms with E-state index in [1.165, 1.54) is 6.07 Å². The zero-order valence-corrected chi connectivity index (χ0v) is 18.1. The van der Waals surface area contributed by atoms with E-state index in [-0.39, 0.29) is 17.0 Å². The van der Waals surface area contributed by atoms with Crippen LogP contribution in [0, 0.1) is 0 Å². The lowest BCUT2D eigenvalue weighted by Gasteiger charge is -2.29. The predicted octanol–water partition coefficient (Wildman–Crippen LogP) is 3.11. The Kier molecular flexibility index (Phi) is 8.05. The maximum absolute atomic E-state index is 13.0. The number of benzene rings is 2. The fourth-order valence-electron chi connectivity index (χ4n) is 3.08. The molecule has 0 aliphatic carbocycles. The van der Waals surface area contributed by atoms with Crippen LogP contribution in [-0.2, 0) is 15.2 Å². The van der Waals surface area contributed by atoms with Crippen molar-refractivity contribution in [2.24, 2.45) is 0 Å². The highest BCUT2D eigenvalue weighted by molar-refractivity contribution is 6.31. The van der Waals surface area contributed by atoms with Gasteiger partial charge in [-0.25, -0.2) is 0 Å². The molecule has 3 N–H and O–H groups in total. The molecule has 0 radical (unpaired) electrons. The number of carbonyl (C=O) groups is 2. The number of carbonyl (C=O) groups excluding carboxylic acids is 2. The molecular weight excluding hydrogens is 413 g/mol. The van der Waals surface area contributed by atoms with Gasteiger partial charge in [-0.3, -0.25) is 25.3 Å². The highest BCUT2D eigenvalue weighted by atomic mass is 35.5. The number of amides is 2. The Balaban J connectivity index is 2.31. The number of hydrazine groups is 1. The van der Waals surface area contributed by atoms with Crippen molar-refractivity contribution in [2.75, 3.05) is 13.1 Å². The van der Waals surface area contributed by atoms with Gasteiger partial charge >= 0.3 is 0 Å². The first kappa shape index (κ1) is 23.2. The average Bonchev–Trinajstić information content (AvgIpc) is 2.72. The van der Waals surface area contributed by atoms with Gasteiger partial charge in [-0.15, -0.1) is 0 Å². The summed E-state index contributed by atoms with van der Waals surface area (Å²) in [6, 6.07) is 12.1. The summed E-state index contributed by atoms with van der Waals surface area (Å²) in [7, 11) is 0. The molecule has 156 valence electrons. The summed E-state index contributed by atoms with van der Waals surface area (Å²) < 4.78 is 0. The topological polar surface area (TPSA) is 81.7 Å². The van der Waals surface area contributed by atoms with Crippen LogP contribution in [0.5, 0.6) is 0 Å². The lowest BCUT2D eigenvalue weighted by Crippen LogP contribution is -2.56. The first-order valence-corrected chi connectivity index (χ1v) is 10.1. The van der Waals surface area contributed by atoms with E-state index in [1.807, 2.05) is 18.7 Å². The van der Waals surface area contributed by atoms with Crippen LogP contribution < -0.4 is 10.9 Å². The maximum Gasteiger partial charge on any atom is 0.279 e. The van der Waals surface area contributed by atoms with E-state index in [0.29, 0.717) is 23.1 Å². The van der Waals surface area contributed by atoms with Gasteiger partial charge in [0.05, 0.1) is 6.04 Å². The summed E-state index contributed by atoms with van der Waals surface area (Å²) in [5.74, 6) is -1.20. The third-order valence-electron chi connectivity index (χ3n) is 4.87. The fourth-order valence-corrected chi connectivity index (χ4v) is 3.40. The highest BCUT2D eigenvalue weighted by Crippen LogP contribution is 2.32. The third kappa shape index (κ3) is 5.28. The van der Waals surface area contributed by atoms with E-state index in [0.717, 1.165) is 0 Å². The molecule has 0 spiro atoms. The molecule has 2 aromatic rings. The molecule has 0 fully saturated rings.